The van der Waals surface area contributed by atoms with E-state index in [2.05, 4.69) is 53.6 Å². The first-order valence-electron chi connectivity index (χ1n) is 8.82. The van der Waals surface area contributed by atoms with Crippen LogP contribution >= 0.6 is 11.6 Å². The molecule has 0 spiro atoms. The highest BCUT2D eigenvalue weighted by molar-refractivity contribution is 6.30. The largest absolute Gasteiger partial charge is 0.393 e. The summed E-state index contributed by atoms with van der Waals surface area (Å²) in [6.07, 6.45) is 3.49. The number of nitrogens with one attached hydrogen (secondary N) is 3. The van der Waals surface area contributed by atoms with Crippen molar-refractivity contribution in [2.75, 3.05) is 16.4 Å². The van der Waals surface area contributed by atoms with Gasteiger partial charge in [0.1, 0.15) is 12.0 Å². The highest BCUT2D eigenvalue weighted by Crippen LogP contribution is 2.33. The van der Waals surface area contributed by atoms with Crippen molar-refractivity contribution in [3.63, 3.8) is 0 Å². The third-order valence-electron chi connectivity index (χ3n) is 4.52. The summed E-state index contributed by atoms with van der Waals surface area (Å²) >= 11 is 5.93. The fourth-order valence-electron chi connectivity index (χ4n) is 3.90. The Labute approximate surface area is 159 Å². The SMILES string of the molecule is CC1(C)CC(Nc2ncnc(Nc3ccc(Cl)cc3)c2N)CC(C)(C)N1. The van der Waals surface area contributed by atoms with Gasteiger partial charge in [-0.15, -0.1) is 0 Å². The van der Waals surface area contributed by atoms with Crippen molar-refractivity contribution >= 4 is 34.6 Å². The van der Waals surface area contributed by atoms with Crippen LogP contribution in [0.15, 0.2) is 30.6 Å². The molecule has 7 heteroatoms. The lowest BCUT2D eigenvalue weighted by molar-refractivity contribution is 0.170. The molecule has 0 unspecified atom stereocenters. The number of nitrogens with two attached hydrogens (primary N) is 1. The van der Waals surface area contributed by atoms with Gasteiger partial charge < -0.3 is 21.7 Å². The van der Waals surface area contributed by atoms with Crippen LogP contribution in [0, 0.1) is 0 Å². The number of hydrogen-bond donors (Lipinski definition) is 4. The second-order valence-corrected chi connectivity index (χ2v) is 8.70. The van der Waals surface area contributed by atoms with E-state index in [4.69, 9.17) is 17.3 Å². The zero-order chi connectivity index (χ0) is 18.9. The molecule has 0 aliphatic carbocycles. The Kier molecular flexibility index (Phi) is 4.99. The first-order chi connectivity index (χ1) is 12.1. The van der Waals surface area contributed by atoms with Crippen LogP contribution in [0.25, 0.3) is 0 Å². The predicted octanol–water partition coefficient (Wildman–Crippen LogP) is 4.18. The van der Waals surface area contributed by atoms with Crippen LogP contribution in [0.5, 0.6) is 0 Å². The van der Waals surface area contributed by atoms with Crippen LogP contribution in [0.4, 0.5) is 23.0 Å². The Bertz CT molecular complexity index is 756. The standard InChI is InChI=1S/C19H27ClN6/c1-18(2)9-14(10-19(3,4)26-18)25-17-15(21)16(22-11-23-17)24-13-7-5-12(20)6-8-13/h5-8,11,14,26H,9-10,21H2,1-4H3,(H2,22,23,24,25). The van der Waals surface area contributed by atoms with Gasteiger partial charge in [-0.1, -0.05) is 11.6 Å². The molecule has 1 aromatic heterocycles. The van der Waals surface area contributed by atoms with E-state index in [1.807, 2.05) is 24.3 Å². The van der Waals surface area contributed by atoms with Crippen LogP contribution in [-0.2, 0) is 0 Å². The third kappa shape index (κ3) is 4.56. The first-order valence-corrected chi connectivity index (χ1v) is 9.20. The monoisotopic (exact) mass is 374 g/mol. The topological polar surface area (TPSA) is 87.9 Å². The molecule has 0 bridgehead atoms. The van der Waals surface area contributed by atoms with Crippen molar-refractivity contribution in [3.05, 3.63) is 35.6 Å². The smallest absolute Gasteiger partial charge is 0.159 e. The highest BCUT2D eigenvalue weighted by Gasteiger charge is 2.37. The maximum Gasteiger partial charge on any atom is 0.159 e. The molecule has 26 heavy (non-hydrogen) atoms. The normalized spacial score (nSPS) is 19.1. The van der Waals surface area contributed by atoms with E-state index in [1.165, 1.54) is 6.33 Å². The summed E-state index contributed by atoms with van der Waals surface area (Å²) in [6.45, 7) is 8.89. The van der Waals surface area contributed by atoms with Crippen molar-refractivity contribution in [1.82, 2.24) is 15.3 Å². The molecule has 1 aliphatic heterocycles. The number of anilines is 4. The summed E-state index contributed by atoms with van der Waals surface area (Å²) in [5.74, 6) is 1.24. The molecule has 1 aliphatic rings. The van der Waals surface area contributed by atoms with E-state index < -0.39 is 0 Å². The van der Waals surface area contributed by atoms with E-state index in [9.17, 15) is 0 Å². The van der Waals surface area contributed by atoms with Gasteiger partial charge in [0, 0.05) is 27.8 Å². The van der Waals surface area contributed by atoms with E-state index in [0.717, 1.165) is 18.5 Å². The van der Waals surface area contributed by atoms with Gasteiger partial charge in [-0.05, 0) is 64.8 Å². The minimum absolute atomic E-state index is 0.0472. The van der Waals surface area contributed by atoms with Crippen molar-refractivity contribution in [2.45, 2.75) is 57.7 Å². The molecule has 1 saturated heterocycles. The number of halogens is 1. The zero-order valence-corrected chi connectivity index (χ0v) is 16.5. The molecule has 6 nitrogen and oxygen atoms in total. The van der Waals surface area contributed by atoms with Crippen LogP contribution < -0.4 is 21.7 Å². The maximum absolute atomic E-state index is 6.32. The van der Waals surface area contributed by atoms with Gasteiger partial charge in [0.2, 0.25) is 0 Å². The summed E-state index contributed by atoms with van der Waals surface area (Å²) in [7, 11) is 0. The average Bonchev–Trinajstić information content (AvgIpc) is 2.50. The van der Waals surface area contributed by atoms with Crippen molar-refractivity contribution in [1.29, 1.82) is 0 Å². The molecule has 2 heterocycles. The van der Waals surface area contributed by atoms with Gasteiger partial charge in [-0.25, -0.2) is 9.97 Å². The Morgan fingerprint density at radius 2 is 1.62 bits per heavy atom. The second-order valence-electron chi connectivity index (χ2n) is 8.26. The first kappa shape index (κ1) is 18.7. The van der Waals surface area contributed by atoms with Crippen molar-refractivity contribution < 1.29 is 0 Å². The molecular formula is C19H27ClN6. The number of rotatable bonds is 4. The number of nitrogens with zero attached hydrogens (tertiary/aromatic N) is 2. The Balaban J connectivity index is 1.77. The van der Waals surface area contributed by atoms with Gasteiger partial charge in [-0.2, -0.15) is 0 Å². The molecule has 0 amide bonds. The van der Waals surface area contributed by atoms with Gasteiger partial charge in [0.15, 0.2) is 11.6 Å². The van der Waals surface area contributed by atoms with Crippen molar-refractivity contribution in [3.8, 4) is 0 Å². The molecule has 1 fully saturated rings. The summed E-state index contributed by atoms with van der Waals surface area (Å²) in [5, 5.41) is 11.1. The van der Waals surface area contributed by atoms with Crippen molar-refractivity contribution in [2.24, 2.45) is 0 Å². The van der Waals surface area contributed by atoms with E-state index in [-0.39, 0.29) is 17.1 Å². The molecule has 1 aromatic carbocycles. The minimum atomic E-state index is 0.0472. The second kappa shape index (κ2) is 6.93. The average molecular weight is 375 g/mol. The fourth-order valence-corrected chi connectivity index (χ4v) is 4.02. The van der Waals surface area contributed by atoms with Crippen LogP contribution in [0.3, 0.4) is 0 Å². The summed E-state index contributed by atoms with van der Waals surface area (Å²) in [6, 6.07) is 7.69. The van der Waals surface area contributed by atoms with Gasteiger partial charge >= 0.3 is 0 Å². The number of hydrogen-bond acceptors (Lipinski definition) is 6. The molecule has 3 rings (SSSR count). The highest BCUT2D eigenvalue weighted by atomic mass is 35.5. The molecule has 0 radical (unpaired) electrons. The summed E-state index contributed by atoms with van der Waals surface area (Å²) in [5.41, 5.74) is 7.80. The Morgan fingerprint density at radius 3 is 2.23 bits per heavy atom. The zero-order valence-electron chi connectivity index (χ0n) is 15.7. The molecular weight excluding hydrogens is 348 g/mol. The summed E-state index contributed by atoms with van der Waals surface area (Å²) in [4.78, 5) is 8.63. The van der Waals surface area contributed by atoms with E-state index in [1.54, 1.807) is 0 Å². The number of nitrogen functional groups attached to an aromatic ring is 1. The van der Waals surface area contributed by atoms with Gasteiger partial charge in [0.05, 0.1) is 0 Å². The van der Waals surface area contributed by atoms with Gasteiger partial charge in [0.25, 0.3) is 0 Å². The molecule has 0 saturated carbocycles. The number of aromatic nitrogens is 2. The quantitative estimate of drug-likeness (QED) is 0.642. The number of benzene rings is 1. The lowest BCUT2D eigenvalue weighted by Crippen LogP contribution is -2.60. The van der Waals surface area contributed by atoms with E-state index >= 15 is 0 Å². The lowest BCUT2D eigenvalue weighted by atomic mass is 9.79. The molecule has 0 atom stereocenters. The Morgan fingerprint density at radius 1 is 1.04 bits per heavy atom. The van der Waals surface area contributed by atoms with E-state index in [0.29, 0.717) is 22.3 Å². The molecule has 2 aromatic rings. The predicted molar refractivity (Wildman–Crippen MR) is 109 cm³/mol. The molecule has 5 N–H and O–H groups in total. The minimum Gasteiger partial charge on any atom is -0.393 e. The van der Waals surface area contributed by atoms with Crippen LogP contribution in [0.2, 0.25) is 5.02 Å². The Hall–Kier alpha value is -2.05. The fraction of sp³-hybridized carbons (Fsp3) is 0.474. The maximum atomic E-state index is 6.32. The number of piperidine rings is 1. The summed E-state index contributed by atoms with van der Waals surface area (Å²) < 4.78 is 0. The van der Waals surface area contributed by atoms with Crippen LogP contribution in [0.1, 0.15) is 40.5 Å². The molecule has 140 valence electrons. The van der Waals surface area contributed by atoms with Gasteiger partial charge in [-0.3, -0.25) is 0 Å². The lowest BCUT2D eigenvalue weighted by Gasteiger charge is -2.46. The third-order valence-corrected chi connectivity index (χ3v) is 4.77. The van der Waals surface area contributed by atoms with Crippen LogP contribution in [-0.4, -0.2) is 27.1 Å².